The summed E-state index contributed by atoms with van der Waals surface area (Å²) in [6.45, 7) is 6.85. The molecule has 1 saturated heterocycles. The van der Waals surface area contributed by atoms with E-state index >= 15 is 0 Å². The van der Waals surface area contributed by atoms with Gasteiger partial charge in [-0.15, -0.1) is 0 Å². The molecule has 4 aliphatic rings. The summed E-state index contributed by atoms with van der Waals surface area (Å²) in [7, 11) is 0. The van der Waals surface area contributed by atoms with E-state index in [1.54, 1.807) is 0 Å². The fraction of sp³-hybridized carbons (Fsp3) is 0.560. The van der Waals surface area contributed by atoms with E-state index in [2.05, 4.69) is 36.1 Å². The molecular formula is C25H31NO3. The van der Waals surface area contributed by atoms with Crippen molar-refractivity contribution in [3.8, 4) is 5.75 Å². The average molecular weight is 394 g/mol. The highest BCUT2D eigenvalue weighted by atomic mass is 16.7. The van der Waals surface area contributed by atoms with Gasteiger partial charge in [0, 0.05) is 44.0 Å². The zero-order valence-corrected chi connectivity index (χ0v) is 17.6. The Hall–Kier alpha value is -1.91. The summed E-state index contributed by atoms with van der Waals surface area (Å²) in [4.78, 5) is 14.8. The van der Waals surface area contributed by atoms with E-state index in [1.807, 2.05) is 6.92 Å². The summed E-state index contributed by atoms with van der Waals surface area (Å²) >= 11 is 0. The van der Waals surface area contributed by atoms with Gasteiger partial charge in [0.25, 0.3) is 0 Å². The minimum atomic E-state index is -0.448. The first-order valence-corrected chi connectivity index (χ1v) is 11.2. The van der Waals surface area contributed by atoms with E-state index in [0.29, 0.717) is 13.0 Å². The third kappa shape index (κ3) is 3.47. The van der Waals surface area contributed by atoms with E-state index in [-0.39, 0.29) is 5.78 Å². The Morgan fingerprint density at radius 1 is 1.21 bits per heavy atom. The van der Waals surface area contributed by atoms with Gasteiger partial charge in [-0.2, -0.15) is 0 Å². The molecule has 2 heterocycles. The molecule has 154 valence electrons. The Morgan fingerprint density at radius 2 is 2.00 bits per heavy atom. The van der Waals surface area contributed by atoms with Crippen molar-refractivity contribution in [1.29, 1.82) is 0 Å². The molecule has 2 fully saturated rings. The molecule has 5 rings (SSSR count). The van der Waals surface area contributed by atoms with Gasteiger partial charge >= 0.3 is 0 Å². The number of ether oxygens (including phenoxy) is 2. The fourth-order valence-electron chi connectivity index (χ4n) is 5.08. The second-order valence-corrected chi connectivity index (χ2v) is 9.06. The molecule has 1 aromatic rings. The van der Waals surface area contributed by atoms with Crippen LogP contribution in [-0.4, -0.2) is 35.6 Å². The van der Waals surface area contributed by atoms with Crippen LogP contribution in [0.2, 0.25) is 0 Å². The van der Waals surface area contributed by atoms with Gasteiger partial charge in [-0.1, -0.05) is 25.0 Å². The molecule has 1 spiro atoms. The number of likely N-dealkylation sites (tertiary alicyclic amines) is 1. The molecule has 0 aromatic heterocycles. The van der Waals surface area contributed by atoms with E-state index in [9.17, 15) is 4.79 Å². The topological polar surface area (TPSA) is 38.8 Å². The van der Waals surface area contributed by atoms with E-state index in [1.165, 1.54) is 24.8 Å². The summed E-state index contributed by atoms with van der Waals surface area (Å²) in [5, 5.41) is 0. The number of allylic oxidation sites excluding steroid dienone is 4. The average Bonchev–Trinajstić information content (AvgIpc) is 2.68. The van der Waals surface area contributed by atoms with Crippen LogP contribution in [0.25, 0.3) is 5.57 Å². The zero-order valence-electron chi connectivity index (χ0n) is 17.6. The van der Waals surface area contributed by atoms with Gasteiger partial charge in [0.1, 0.15) is 5.75 Å². The van der Waals surface area contributed by atoms with Crippen molar-refractivity contribution in [2.45, 2.75) is 77.2 Å². The summed E-state index contributed by atoms with van der Waals surface area (Å²) in [5.74, 6) is 0.770. The number of hydrogen-bond donors (Lipinski definition) is 0. The number of fused-ring (bicyclic) bond motifs is 1. The highest BCUT2D eigenvalue weighted by Crippen LogP contribution is 2.41. The van der Waals surface area contributed by atoms with Gasteiger partial charge in [0.15, 0.2) is 5.78 Å². The molecule has 29 heavy (non-hydrogen) atoms. The molecule has 1 aromatic carbocycles. The lowest BCUT2D eigenvalue weighted by Gasteiger charge is -2.47. The van der Waals surface area contributed by atoms with Crippen molar-refractivity contribution in [3.63, 3.8) is 0 Å². The van der Waals surface area contributed by atoms with Crippen LogP contribution in [0.1, 0.15) is 69.9 Å². The molecule has 4 nitrogen and oxygen atoms in total. The largest absolute Gasteiger partial charge is 0.462 e. The monoisotopic (exact) mass is 393 g/mol. The Kier molecular flexibility index (Phi) is 4.87. The molecule has 1 saturated carbocycles. The first-order chi connectivity index (χ1) is 14.1. The number of rotatable bonds is 3. The van der Waals surface area contributed by atoms with Gasteiger partial charge in [0.05, 0.1) is 6.61 Å². The lowest BCUT2D eigenvalue weighted by Crippen LogP contribution is -2.54. The van der Waals surface area contributed by atoms with Crippen LogP contribution >= 0.6 is 0 Å². The van der Waals surface area contributed by atoms with Crippen molar-refractivity contribution in [2.75, 3.05) is 13.1 Å². The predicted molar refractivity (Wildman–Crippen MR) is 114 cm³/mol. The van der Waals surface area contributed by atoms with Crippen molar-refractivity contribution >= 4 is 11.4 Å². The van der Waals surface area contributed by atoms with Crippen molar-refractivity contribution in [2.24, 2.45) is 0 Å². The van der Waals surface area contributed by atoms with Crippen LogP contribution in [0.5, 0.6) is 5.75 Å². The van der Waals surface area contributed by atoms with Crippen molar-refractivity contribution in [1.82, 2.24) is 4.90 Å². The van der Waals surface area contributed by atoms with Crippen LogP contribution in [0.4, 0.5) is 0 Å². The summed E-state index contributed by atoms with van der Waals surface area (Å²) in [6.07, 6.45) is 9.37. The Labute approximate surface area is 173 Å². The van der Waals surface area contributed by atoms with Crippen LogP contribution in [0.15, 0.2) is 35.4 Å². The highest BCUT2D eigenvalue weighted by Gasteiger charge is 2.42. The first-order valence-electron chi connectivity index (χ1n) is 11.2. The van der Waals surface area contributed by atoms with E-state index in [4.69, 9.17) is 9.47 Å². The number of benzene rings is 1. The molecule has 2 aliphatic carbocycles. The molecule has 0 atom stereocenters. The minimum Gasteiger partial charge on any atom is -0.462 e. The Morgan fingerprint density at radius 3 is 2.69 bits per heavy atom. The summed E-state index contributed by atoms with van der Waals surface area (Å²) < 4.78 is 12.7. The third-order valence-corrected chi connectivity index (χ3v) is 7.25. The lowest BCUT2D eigenvalue weighted by atomic mass is 9.86. The molecule has 0 bridgehead atoms. The first kappa shape index (κ1) is 19.1. The van der Waals surface area contributed by atoms with Crippen molar-refractivity contribution < 1.29 is 14.3 Å². The smallest absolute Gasteiger partial charge is 0.213 e. The zero-order chi connectivity index (χ0) is 20.0. The quantitative estimate of drug-likeness (QED) is 0.723. The Bertz CT molecular complexity index is 885. The maximum atomic E-state index is 12.2. The van der Waals surface area contributed by atoms with Gasteiger partial charge in [-0.3, -0.25) is 9.69 Å². The van der Waals surface area contributed by atoms with Crippen LogP contribution in [-0.2, 0) is 16.1 Å². The molecule has 4 heteroatoms. The number of nitrogens with zero attached hydrogens (tertiary/aromatic N) is 1. The summed E-state index contributed by atoms with van der Waals surface area (Å²) in [5.41, 5.74) is 5.51. The SMILES string of the molecule is CCC1=CC(c2ccc3c(c2)COC2(CCN(C4CCC4)CC2)O3)=C(C)CC1=O. The third-order valence-electron chi connectivity index (χ3n) is 7.25. The highest BCUT2D eigenvalue weighted by molar-refractivity contribution is 6.03. The Balaban J connectivity index is 1.33. The summed E-state index contributed by atoms with van der Waals surface area (Å²) in [6, 6.07) is 7.22. The van der Waals surface area contributed by atoms with Gasteiger partial charge in [-0.25, -0.2) is 0 Å². The normalized spacial score (nSPS) is 24.8. The number of carbonyl (C=O) groups is 1. The van der Waals surface area contributed by atoms with E-state index in [0.717, 1.165) is 66.4 Å². The molecule has 0 N–H and O–H groups in total. The number of hydrogen-bond acceptors (Lipinski definition) is 4. The standard InChI is InChI=1S/C25H31NO3/c1-3-18-15-22(17(2)13-23(18)27)19-7-8-24-20(14-19)16-28-25(29-24)9-11-26(12-10-25)21-5-4-6-21/h7-8,14-15,21H,3-6,9-13,16H2,1-2H3. The molecule has 0 amide bonds. The minimum absolute atomic E-state index is 0.258. The van der Waals surface area contributed by atoms with Gasteiger partial charge in [0.2, 0.25) is 5.79 Å². The number of ketones is 1. The van der Waals surface area contributed by atoms with Crippen molar-refractivity contribution in [3.05, 3.63) is 46.5 Å². The van der Waals surface area contributed by atoms with Crippen LogP contribution < -0.4 is 4.74 Å². The lowest BCUT2D eigenvalue weighted by molar-refractivity contribution is -0.231. The fourth-order valence-corrected chi connectivity index (χ4v) is 5.08. The predicted octanol–water partition coefficient (Wildman–Crippen LogP) is 5.02. The number of carbonyl (C=O) groups excluding carboxylic acids is 1. The van der Waals surface area contributed by atoms with Gasteiger partial charge < -0.3 is 9.47 Å². The molecule has 2 aliphatic heterocycles. The second-order valence-electron chi connectivity index (χ2n) is 9.06. The van der Waals surface area contributed by atoms with Crippen LogP contribution in [0.3, 0.4) is 0 Å². The van der Waals surface area contributed by atoms with Crippen LogP contribution in [0, 0.1) is 0 Å². The maximum Gasteiger partial charge on any atom is 0.213 e. The van der Waals surface area contributed by atoms with Gasteiger partial charge in [-0.05, 0) is 61.1 Å². The molecule has 0 unspecified atom stereocenters. The number of piperidine rings is 1. The maximum absolute atomic E-state index is 12.2. The molecule has 0 radical (unpaired) electrons. The second kappa shape index (κ2) is 7.41. The van der Waals surface area contributed by atoms with E-state index < -0.39 is 5.79 Å². The molecular weight excluding hydrogens is 362 g/mol. The number of Topliss-reactive ketones (excluding diaryl/α,β-unsaturated/α-hetero) is 1.